The summed E-state index contributed by atoms with van der Waals surface area (Å²) in [7, 11) is 0. The normalized spacial score (nSPS) is 17.5. The van der Waals surface area contributed by atoms with Crippen molar-refractivity contribution in [2.45, 2.75) is 19.3 Å². The fraction of sp³-hybridized carbons (Fsp3) is 0.389. The number of benzene rings is 1. The van der Waals surface area contributed by atoms with Gasteiger partial charge in [0.2, 0.25) is 11.9 Å². The van der Waals surface area contributed by atoms with E-state index < -0.39 is 0 Å². The summed E-state index contributed by atoms with van der Waals surface area (Å²) in [4.78, 5) is 23.1. The number of amides is 1. The van der Waals surface area contributed by atoms with Crippen LogP contribution < -0.4 is 10.2 Å². The third kappa shape index (κ3) is 4.45. The highest BCUT2D eigenvalue weighted by Crippen LogP contribution is 2.20. The van der Waals surface area contributed by atoms with Crippen LogP contribution in [0.15, 0.2) is 42.7 Å². The molecule has 0 bridgehead atoms. The van der Waals surface area contributed by atoms with E-state index in [1.165, 1.54) is 5.56 Å². The van der Waals surface area contributed by atoms with Gasteiger partial charge in [-0.25, -0.2) is 9.97 Å². The molecule has 1 aliphatic rings. The minimum absolute atomic E-state index is 0.00669. The van der Waals surface area contributed by atoms with Crippen molar-refractivity contribution in [2.24, 2.45) is 5.92 Å². The van der Waals surface area contributed by atoms with Crippen LogP contribution in [0, 0.1) is 5.92 Å². The topological polar surface area (TPSA) is 58.1 Å². The van der Waals surface area contributed by atoms with Crippen molar-refractivity contribution in [3.8, 4) is 0 Å². The largest absolute Gasteiger partial charge is 0.355 e. The fourth-order valence-corrected chi connectivity index (χ4v) is 3.08. The van der Waals surface area contributed by atoms with E-state index in [0.717, 1.165) is 30.8 Å². The van der Waals surface area contributed by atoms with Crippen molar-refractivity contribution in [3.63, 3.8) is 0 Å². The fourth-order valence-electron chi connectivity index (χ4n) is 2.95. The summed E-state index contributed by atoms with van der Waals surface area (Å²) in [5.74, 6) is 0.813. The van der Waals surface area contributed by atoms with E-state index in [0.29, 0.717) is 19.0 Å². The number of nitrogens with zero attached hydrogens (tertiary/aromatic N) is 3. The smallest absolute Gasteiger partial charge is 0.225 e. The number of hydrogen-bond donors (Lipinski definition) is 1. The molecule has 2 aromatic rings. The number of carbonyl (C=O) groups is 1. The second-order valence-corrected chi connectivity index (χ2v) is 6.44. The van der Waals surface area contributed by atoms with Crippen LogP contribution >= 0.6 is 11.6 Å². The van der Waals surface area contributed by atoms with Gasteiger partial charge in [0.05, 0.1) is 5.92 Å². The molecular weight excluding hydrogens is 324 g/mol. The summed E-state index contributed by atoms with van der Waals surface area (Å²) in [5, 5.41) is 3.78. The van der Waals surface area contributed by atoms with Crippen LogP contribution in [0.5, 0.6) is 0 Å². The lowest BCUT2D eigenvalue weighted by molar-refractivity contribution is -0.125. The van der Waals surface area contributed by atoms with Crippen LogP contribution in [0.25, 0.3) is 0 Å². The molecule has 2 heterocycles. The number of rotatable bonds is 5. The zero-order valence-corrected chi connectivity index (χ0v) is 14.2. The lowest BCUT2D eigenvalue weighted by Crippen LogP contribution is -2.44. The summed E-state index contributed by atoms with van der Waals surface area (Å²) in [6.07, 6.45) is 6.17. The van der Waals surface area contributed by atoms with Gasteiger partial charge in [0.15, 0.2) is 0 Å². The van der Waals surface area contributed by atoms with Crippen LogP contribution in [0.1, 0.15) is 18.4 Å². The van der Waals surface area contributed by atoms with E-state index in [9.17, 15) is 4.79 Å². The molecule has 0 saturated carbocycles. The number of nitrogens with one attached hydrogen (secondary N) is 1. The molecular formula is C18H21ClN4O. The lowest BCUT2D eigenvalue weighted by atomic mass is 9.97. The zero-order chi connectivity index (χ0) is 16.8. The maximum Gasteiger partial charge on any atom is 0.225 e. The van der Waals surface area contributed by atoms with E-state index in [-0.39, 0.29) is 11.8 Å². The lowest BCUT2D eigenvalue weighted by Gasteiger charge is -2.31. The van der Waals surface area contributed by atoms with E-state index in [4.69, 9.17) is 11.6 Å². The van der Waals surface area contributed by atoms with Crippen molar-refractivity contribution in [2.75, 3.05) is 24.5 Å². The highest BCUT2D eigenvalue weighted by Gasteiger charge is 2.26. The zero-order valence-electron chi connectivity index (χ0n) is 13.5. The van der Waals surface area contributed by atoms with Gasteiger partial charge in [-0.2, -0.15) is 0 Å². The molecule has 1 N–H and O–H groups in total. The average molecular weight is 345 g/mol. The van der Waals surface area contributed by atoms with E-state index in [1.807, 2.05) is 24.3 Å². The van der Waals surface area contributed by atoms with Gasteiger partial charge in [0.25, 0.3) is 0 Å². The summed E-state index contributed by atoms with van der Waals surface area (Å²) in [5.41, 5.74) is 1.17. The third-order valence-electron chi connectivity index (χ3n) is 4.25. The molecule has 6 heteroatoms. The summed E-state index contributed by atoms with van der Waals surface area (Å²) < 4.78 is 0. The van der Waals surface area contributed by atoms with Crippen molar-refractivity contribution < 1.29 is 4.79 Å². The predicted molar refractivity (Wildman–Crippen MR) is 95.1 cm³/mol. The number of aromatic nitrogens is 2. The average Bonchev–Trinajstić information content (AvgIpc) is 2.64. The van der Waals surface area contributed by atoms with E-state index in [2.05, 4.69) is 20.2 Å². The second-order valence-electron chi connectivity index (χ2n) is 6.00. The Morgan fingerprint density at radius 2 is 2.00 bits per heavy atom. The molecule has 1 amide bonds. The molecule has 0 unspecified atom stereocenters. The number of anilines is 1. The van der Waals surface area contributed by atoms with Gasteiger partial charge < -0.3 is 10.2 Å². The number of hydrogen-bond acceptors (Lipinski definition) is 4. The Labute approximate surface area is 147 Å². The molecule has 0 aliphatic carbocycles. The van der Waals surface area contributed by atoms with Gasteiger partial charge in [-0.15, -0.1) is 0 Å². The molecule has 5 nitrogen and oxygen atoms in total. The standard InChI is InChI=1S/C18H21ClN4O/c19-16-6-4-14(5-7-16)8-11-20-17(24)15-3-1-12-23(13-15)18-21-9-2-10-22-18/h2,4-7,9-10,15H,1,3,8,11-13H2,(H,20,24)/t15-/m0/s1. The SMILES string of the molecule is O=C(NCCc1ccc(Cl)cc1)[C@H]1CCCN(c2ncccn2)C1. The van der Waals surface area contributed by atoms with E-state index in [1.54, 1.807) is 18.5 Å². The molecule has 0 radical (unpaired) electrons. The maximum atomic E-state index is 12.4. The van der Waals surface area contributed by atoms with Gasteiger partial charge in [-0.1, -0.05) is 23.7 Å². The Bertz CT molecular complexity index is 662. The quantitative estimate of drug-likeness (QED) is 0.906. The van der Waals surface area contributed by atoms with Crippen LogP contribution in [0.4, 0.5) is 5.95 Å². The highest BCUT2D eigenvalue weighted by molar-refractivity contribution is 6.30. The Hall–Kier alpha value is -2.14. The molecule has 1 aromatic heterocycles. The Morgan fingerprint density at radius 1 is 1.25 bits per heavy atom. The van der Waals surface area contributed by atoms with Gasteiger partial charge in [0, 0.05) is 37.1 Å². The Morgan fingerprint density at radius 3 is 2.75 bits per heavy atom. The molecule has 1 fully saturated rings. The number of piperidine rings is 1. The van der Waals surface area contributed by atoms with Gasteiger partial charge in [-0.3, -0.25) is 4.79 Å². The summed E-state index contributed by atoms with van der Waals surface area (Å²) in [6.45, 7) is 2.22. The highest BCUT2D eigenvalue weighted by atomic mass is 35.5. The number of carbonyl (C=O) groups excluding carboxylic acids is 1. The first-order valence-electron chi connectivity index (χ1n) is 8.26. The van der Waals surface area contributed by atoms with Crippen molar-refractivity contribution in [3.05, 3.63) is 53.3 Å². The summed E-state index contributed by atoms with van der Waals surface area (Å²) in [6, 6.07) is 9.52. The Kier molecular flexibility index (Phi) is 5.64. The maximum absolute atomic E-state index is 12.4. The van der Waals surface area contributed by atoms with E-state index >= 15 is 0 Å². The molecule has 0 spiro atoms. The molecule has 3 rings (SSSR count). The molecule has 126 valence electrons. The minimum Gasteiger partial charge on any atom is -0.355 e. The first-order chi connectivity index (χ1) is 11.7. The molecule has 1 aromatic carbocycles. The Balaban J connectivity index is 1.48. The van der Waals surface area contributed by atoms with Crippen molar-refractivity contribution in [1.29, 1.82) is 0 Å². The summed E-state index contributed by atoms with van der Waals surface area (Å²) >= 11 is 5.88. The van der Waals surface area contributed by atoms with Crippen molar-refractivity contribution in [1.82, 2.24) is 15.3 Å². The molecule has 1 saturated heterocycles. The molecule has 24 heavy (non-hydrogen) atoms. The predicted octanol–water partition coefficient (Wildman–Crippen LogP) is 2.71. The minimum atomic E-state index is -0.00669. The van der Waals surface area contributed by atoms with Crippen molar-refractivity contribution >= 4 is 23.5 Å². The molecule has 1 atom stereocenters. The van der Waals surface area contributed by atoms with Crippen LogP contribution in [0.2, 0.25) is 5.02 Å². The third-order valence-corrected chi connectivity index (χ3v) is 4.51. The first kappa shape index (κ1) is 16.7. The molecule has 1 aliphatic heterocycles. The second kappa shape index (κ2) is 8.11. The first-order valence-corrected chi connectivity index (χ1v) is 8.64. The van der Waals surface area contributed by atoms with Crippen LogP contribution in [-0.4, -0.2) is 35.5 Å². The number of halogens is 1. The van der Waals surface area contributed by atoms with Gasteiger partial charge >= 0.3 is 0 Å². The monoisotopic (exact) mass is 344 g/mol. The van der Waals surface area contributed by atoms with Gasteiger partial charge in [0.1, 0.15) is 0 Å². The van der Waals surface area contributed by atoms with Crippen LogP contribution in [-0.2, 0) is 11.2 Å². The van der Waals surface area contributed by atoms with Crippen LogP contribution in [0.3, 0.4) is 0 Å². The van der Waals surface area contributed by atoms with Gasteiger partial charge in [-0.05, 0) is 43.0 Å².